The van der Waals surface area contributed by atoms with Crippen molar-refractivity contribution in [2.24, 2.45) is 0 Å². The predicted molar refractivity (Wildman–Crippen MR) is 171 cm³/mol. The summed E-state index contributed by atoms with van der Waals surface area (Å²) in [7, 11) is 0. The first-order chi connectivity index (χ1) is 18.6. The van der Waals surface area contributed by atoms with Crippen LogP contribution in [-0.4, -0.2) is 13.1 Å². The molecular formula is C32H54Br2N4+2. The van der Waals surface area contributed by atoms with Gasteiger partial charge in [0.15, 0.2) is 24.8 Å². The molecule has 2 aromatic heterocycles. The molecule has 0 aliphatic rings. The summed E-state index contributed by atoms with van der Waals surface area (Å²) in [6.07, 6.45) is 29.5. The van der Waals surface area contributed by atoms with Crippen molar-refractivity contribution in [3.8, 4) is 0 Å². The number of halogens is 2. The van der Waals surface area contributed by atoms with Crippen molar-refractivity contribution in [3.63, 3.8) is 0 Å². The Morgan fingerprint density at radius 3 is 1.24 bits per heavy atom. The fraction of sp³-hybridized carbons (Fsp3) is 0.688. The van der Waals surface area contributed by atoms with Crippen molar-refractivity contribution in [2.75, 3.05) is 23.7 Å². The molecule has 2 atom stereocenters. The van der Waals surface area contributed by atoms with E-state index in [4.69, 9.17) is 0 Å². The van der Waals surface area contributed by atoms with Crippen LogP contribution in [0.5, 0.6) is 0 Å². The molecule has 0 aliphatic carbocycles. The van der Waals surface area contributed by atoms with Gasteiger partial charge in [-0.1, -0.05) is 78.1 Å². The van der Waals surface area contributed by atoms with Crippen molar-refractivity contribution >= 4 is 43.2 Å². The Balaban J connectivity index is 1.57. The molecule has 2 N–H and O–H groups in total. The van der Waals surface area contributed by atoms with Gasteiger partial charge in [0.1, 0.15) is 0 Å². The van der Waals surface area contributed by atoms with Gasteiger partial charge in [-0.25, -0.2) is 0 Å². The van der Waals surface area contributed by atoms with E-state index < -0.39 is 0 Å². The molecule has 38 heavy (non-hydrogen) atoms. The molecule has 6 heteroatoms. The number of aromatic nitrogens is 2. The van der Waals surface area contributed by atoms with E-state index in [2.05, 4.69) is 115 Å². The molecule has 2 heterocycles. The highest BCUT2D eigenvalue weighted by Crippen LogP contribution is 2.21. The SMILES string of the molecule is CCCCCCCCNc1cc[n+](C(Br)CCCCC(Br)[n+]2ccc(NCCCCCCCC)cc2)cc1. The summed E-state index contributed by atoms with van der Waals surface area (Å²) in [5.41, 5.74) is 2.44. The van der Waals surface area contributed by atoms with E-state index in [1.807, 2.05) is 0 Å². The van der Waals surface area contributed by atoms with Crippen molar-refractivity contribution < 1.29 is 9.13 Å². The summed E-state index contributed by atoms with van der Waals surface area (Å²) in [6, 6.07) is 8.79. The Labute approximate surface area is 250 Å². The van der Waals surface area contributed by atoms with Crippen LogP contribution < -0.4 is 19.8 Å². The lowest BCUT2D eigenvalue weighted by atomic mass is 10.1. The standard InChI is InChI=1S/C32H52Br2N4/c1-3-5-7-9-11-15-23-35-29-19-25-37(26-20-29)31(33)17-13-14-18-32(34)38-27-21-30(22-28-38)36-24-16-12-10-8-6-4-2/h19-22,25-28,31-32H,3-18,23-24H2,1-2H3/p+2. The van der Waals surface area contributed by atoms with Crippen LogP contribution in [0.4, 0.5) is 11.4 Å². The average Bonchev–Trinajstić information content (AvgIpc) is 2.95. The highest BCUT2D eigenvalue weighted by atomic mass is 79.9. The molecule has 0 saturated carbocycles. The molecule has 2 rings (SSSR count). The Morgan fingerprint density at radius 1 is 0.526 bits per heavy atom. The first kappa shape index (κ1) is 33.1. The molecule has 0 aliphatic heterocycles. The molecular weight excluding hydrogens is 600 g/mol. The molecule has 2 unspecified atom stereocenters. The molecule has 0 aromatic carbocycles. The van der Waals surface area contributed by atoms with E-state index in [1.165, 1.54) is 101 Å². The maximum absolute atomic E-state index is 3.88. The van der Waals surface area contributed by atoms with Crippen LogP contribution >= 0.6 is 31.9 Å². The molecule has 2 aromatic rings. The van der Waals surface area contributed by atoms with Gasteiger partial charge in [0.25, 0.3) is 0 Å². The number of alkyl halides is 2. The number of hydrogen-bond acceptors (Lipinski definition) is 2. The van der Waals surface area contributed by atoms with Gasteiger partial charge in [0, 0.05) is 61.6 Å². The van der Waals surface area contributed by atoms with E-state index in [-0.39, 0.29) is 0 Å². The third-order valence-electron chi connectivity index (χ3n) is 7.21. The van der Waals surface area contributed by atoms with E-state index in [9.17, 15) is 0 Å². The molecule has 0 amide bonds. The van der Waals surface area contributed by atoms with Crippen LogP contribution in [0, 0.1) is 0 Å². The maximum atomic E-state index is 3.88. The summed E-state index contributed by atoms with van der Waals surface area (Å²) in [4.78, 5) is 0.682. The highest BCUT2D eigenvalue weighted by molar-refractivity contribution is 9.09. The minimum absolute atomic E-state index is 0.341. The second-order valence-corrected chi connectivity index (χ2v) is 12.7. The van der Waals surface area contributed by atoms with Crippen molar-refractivity contribution in [1.82, 2.24) is 0 Å². The van der Waals surface area contributed by atoms with Gasteiger partial charge in [-0.2, -0.15) is 9.13 Å². The van der Waals surface area contributed by atoms with Gasteiger partial charge in [-0.05, 0) is 57.5 Å². The first-order valence-corrected chi connectivity index (χ1v) is 17.2. The highest BCUT2D eigenvalue weighted by Gasteiger charge is 2.17. The van der Waals surface area contributed by atoms with E-state index in [1.54, 1.807) is 0 Å². The van der Waals surface area contributed by atoms with Gasteiger partial charge in [0.05, 0.1) is 0 Å². The summed E-state index contributed by atoms with van der Waals surface area (Å²) < 4.78 is 4.54. The zero-order valence-electron chi connectivity index (χ0n) is 24.2. The van der Waals surface area contributed by atoms with Crippen LogP contribution in [0.3, 0.4) is 0 Å². The lowest BCUT2D eigenvalue weighted by Crippen LogP contribution is -2.36. The zero-order valence-corrected chi connectivity index (χ0v) is 27.3. The fourth-order valence-corrected chi connectivity index (χ4v) is 5.88. The Morgan fingerprint density at radius 2 is 0.868 bits per heavy atom. The fourth-order valence-electron chi connectivity index (χ4n) is 4.69. The summed E-state index contributed by atoms with van der Waals surface area (Å²) in [5, 5.41) is 7.13. The molecule has 4 nitrogen and oxygen atoms in total. The quantitative estimate of drug-likeness (QED) is 0.0711. The summed E-state index contributed by atoms with van der Waals surface area (Å²) >= 11 is 7.77. The molecule has 0 fully saturated rings. The number of nitrogens with one attached hydrogen (secondary N) is 2. The first-order valence-electron chi connectivity index (χ1n) is 15.4. The smallest absolute Gasteiger partial charge is 0.211 e. The molecule has 0 spiro atoms. The van der Waals surface area contributed by atoms with Crippen molar-refractivity contribution in [3.05, 3.63) is 49.1 Å². The summed E-state index contributed by atoms with van der Waals surface area (Å²) in [5.74, 6) is 0. The number of nitrogens with zero attached hydrogens (tertiary/aromatic N) is 2. The minimum Gasteiger partial charge on any atom is -0.385 e. The Hall–Kier alpha value is -1.14. The van der Waals surface area contributed by atoms with Gasteiger partial charge in [-0.3, -0.25) is 0 Å². The maximum Gasteiger partial charge on any atom is 0.211 e. The van der Waals surface area contributed by atoms with Gasteiger partial charge in [-0.15, -0.1) is 0 Å². The third kappa shape index (κ3) is 14.9. The zero-order chi connectivity index (χ0) is 27.3. The number of unbranched alkanes of at least 4 members (excludes halogenated alkanes) is 11. The topological polar surface area (TPSA) is 31.8 Å². The molecule has 214 valence electrons. The lowest BCUT2D eigenvalue weighted by molar-refractivity contribution is -0.699. The minimum atomic E-state index is 0.341. The normalized spacial score (nSPS) is 12.8. The van der Waals surface area contributed by atoms with Gasteiger partial charge >= 0.3 is 0 Å². The number of rotatable bonds is 23. The van der Waals surface area contributed by atoms with Gasteiger partial charge < -0.3 is 10.6 Å². The van der Waals surface area contributed by atoms with Crippen LogP contribution in [0.15, 0.2) is 49.1 Å². The van der Waals surface area contributed by atoms with Crippen LogP contribution in [-0.2, 0) is 0 Å². The van der Waals surface area contributed by atoms with Crippen LogP contribution in [0.25, 0.3) is 0 Å². The predicted octanol–water partition coefficient (Wildman–Crippen LogP) is 9.85. The number of pyridine rings is 2. The number of hydrogen-bond donors (Lipinski definition) is 2. The molecule has 0 radical (unpaired) electrons. The van der Waals surface area contributed by atoms with E-state index in [0.29, 0.717) is 9.90 Å². The Kier molecular flexibility index (Phi) is 18.8. The van der Waals surface area contributed by atoms with Gasteiger partial charge in [0.2, 0.25) is 9.90 Å². The average molecular weight is 655 g/mol. The molecule has 0 bridgehead atoms. The number of anilines is 2. The van der Waals surface area contributed by atoms with Crippen molar-refractivity contribution in [1.29, 1.82) is 0 Å². The van der Waals surface area contributed by atoms with Crippen LogP contribution in [0.1, 0.15) is 126 Å². The Bertz CT molecular complexity index is 744. The largest absolute Gasteiger partial charge is 0.385 e. The third-order valence-corrected chi connectivity index (χ3v) is 9.07. The second-order valence-electron chi connectivity index (χ2n) is 10.6. The lowest BCUT2D eigenvalue weighted by Gasteiger charge is -2.09. The second kappa shape index (κ2) is 21.7. The molecule has 0 saturated heterocycles. The van der Waals surface area contributed by atoms with E-state index >= 15 is 0 Å². The monoisotopic (exact) mass is 652 g/mol. The van der Waals surface area contributed by atoms with Crippen molar-refractivity contribution in [2.45, 2.75) is 126 Å². The summed E-state index contributed by atoms with van der Waals surface area (Å²) in [6.45, 7) is 6.68. The van der Waals surface area contributed by atoms with Crippen LogP contribution in [0.2, 0.25) is 0 Å². The van der Waals surface area contributed by atoms with E-state index in [0.717, 1.165) is 25.9 Å².